The van der Waals surface area contributed by atoms with Crippen LogP contribution in [0.5, 0.6) is 23.0 Å². The Labute approximate surface area is 383 Å². The molecule has 0 N–H and O–H groups in total. The first-order valence-electron chi connectivity index (χ1n) is 18.2. The summed E-state index contributed by atoms with van der Waals surface area (Å²) in [5, 5.41) is 0. The molecule has 0 aliphatic heterocycles. The number of hydrogen-bond donors (Lipinski definition) is 4. The zero-order chi connectivity index (χ0) is 42.2. The van der Waals surface area contributed by atoms with Gasteiger partial charge in [0.2, 0.25) is 0 Å². The molecule has 0 bridgehead atoms. The summed E-state index contributed by atoms with van der Waals surface area (Å²) in [4.78, 5) is 49.2. The second-order valence-electron chi connectivity index (χ2n) is 11.0. The Hall–Kier alpha value is -1.89. The molecule has 0 aromatic heterocycles. The van der Waals surface area contributed by atoms with E-state index in [4.69, 9.17) is 18.9 Å². The van der Waals surface area contributed by atoms with Gasteiger partial charge in [-0.05, 0) is 97.2 Å². The minimum absolute atomic E-state index is 0.194. The molecule has 15 heteroatoms. The Morgan fingerprint density at radius 1 is 0.404 bits per heavy atom. The fourth-order valence-electron chi connectivity index (χ4n) is 3.68. The summed E-state index contributed by atoms with van der Waals surface area (Å²) in [5.41, 5.74) is 0. The normalized spacial score (nSPS) is 9.51. The number of ether oxygens (including phenoxy) is 4. The number of para-hydroxylation sites is 4. The van der Waals surface area contributed by atoms with Crippen LogP contribution in [-0.4, -0.2) is 86.4 Å². The van der Waals surface area contributed by atoms with Gasteiger partial charge in [0.25, 0.3) is 0 Å². The molecule has 8 nitrogen and oxygen atoms in total. The number of esters is 4. The van der Waals surface area contributed by atoms with Crippen LogP contribution in [0, 0.1) is 0 Å². The molecule has 308 valence electrons. The maximum absolute atomic E-state index is 11.1. The van der Waals surface area contributed by atoms with Gasteiger partial charge in [-0.2, -0.15) is 50.5 Å². The van der Waals surface area contributed by atoms with Gasteiger partial charge in [-0.15, -0.1) is 0 Å². The van der Waals surface area contributed by atoms with Crippen molar-refractivity contribution in [1.82, 2.24) is 0 Å². The molecule has 0 aliphatic rings. The molecule has 0 heterocycles. The topological polar surface area (TPSA) is 105 Å². The van der Waals surface area contributed by atoms with Gasteiger partial charge in [-0.25, -0.2) is 0 Å². The quantitative estimate of drug-likeness (QED) is 0.0336. The van der Waals surface area contributed by atoms with Crippen LogP contribution in [0.1, 0.15) is 51.4 Å². The van der Waals surface area contributed by atoms with E-state index in [1.807, 2.05) is 72.8 Å². The predicted octanol–water partition coefficient (Wildman–Crippen LogP) is 10.3. The summed E-state index contributed by atoms with van der Waals surface area (Å²) in [6, 6.07) is 36.3. The van der Waals surface area contributed by atoms with E-state index in [1.165, 1.54) is 0 Å². The second kappa shape index (κ2) is 40.9. The average Bonchev–Trinajstić information content (AvgIpc) is 3.23. The Kier molecular flexibility index (Phi) is 39.5. The number of carbonyl (C=O) groups is 4. The number of hydrogen-bond acceptors (Lipinski definition) is 13. The van der Waals surface area contributed by atoms with Crippen molar-refractivity contribution in [3.05, 3.63) is 121 Å². The van der Waals surface area contributed by atoms with Crippen LogP contribution < -0.4 is 18.9 Å². The molecule has 0 spiro atoms. The van der Waals surface area contributed by atoms with E-state index in [0.717, 1.165) is 25.7 Å². The first-order valence-corrected chi connectivity index (χ1v) is 34.2. The fraction of sp³-hybridized carbons (Fsp3) is 0.333. The van der Waals surface area contributed by atoms with Gasteiger partial charge in [0.15, 0.2) is 0 Å². The van der Waals surface area contributed by atoms with Crippen LogP contribution in [-0.2, 0) is 19.2 Å². The van der Waals surface area contributed by atoms with E-state index in [-0.39, 0.29) is 63.4 Å². The molecule has 0 aliphatic carbocycles. The molecule has 0 saturated heterocycles. The molecule has 4 rings (SSSR count). The van der Waals surface area contributed by atoms with Crippen LogP contribution in [0.2, 0.25) is 9.88 Å². The molecule has 0 atom stereocenters. The van der Waals surface area contributed by atoms with E-state index < -0.39 is 0 Å². The van der Waals surface area contributed by atoms with Crippen molar-refractivity contribution in [2.75, 3.05) is 23.0 Å². The zero-order valence-electron chi connectivity index (χ0n) is 32.5. The fourth-order valence-corrected chi connectivity index (χ4v) is 18.0. The van der Waals surface area contributed by atoms with Gasteiger partial charge in [0, 0.05) is 25.7 Å². The minimum atomic E-state index is -0.194. The first kappa shape index (κ1) is 55.1. The van der Waals surface area contributed by atoms with Gasteiger partial charge in [0.1, 0.15) is 23.0 Å². The third kappa shape index (κ3) is 35.7. The van der Waals surface area contributed by atoms with Crippen LogP contribution in [0.3, 0.4) is 0 Å². The molecule has 4 radical (unpaired) electrons. The summed E-state index contributed by atoms with van der Waals surface area (Å²) >= 11 is 16.5. The van der Waals surface area contributed by atoms with E-state index in [1.54, 1.807) is 48.5 Å². The van der Waals surface area contributed by atoms with Gasteiger partial charge in [-0.3, -0.25) is 19.2 Å². The summed E-state index contributed by atoms with van der Waals surface area (Å²) in [6.45, 7) is 0. The van der Waals surface area contributed by atoms with Gasteiger partial charge in [-0.1, -0.05) is 72.8 Å². The van der Waals surface area contributed by atoms with Crippen molar-refractivity contribution in [3.63, 3.8) is 0 Å². The van der Waals surface area contributed by atoms with E-state index >= 15 is 0 Å². The van der Waals surface area contributed by atoms with Crippen molar-refractivity contribution >= 4 is 120 Å². The molecular weight excluding hydrogens is 1030 g/mol. The molecule has 0 unspecified atom stereocenters. The Morgan fingerprint density at radius 2 is 0.596 bits per heavy atom. The molecule has 57 heavy (non-hydrogen) atoms. The molecule has 0 saturated carbocycles. The molecule has 4 aromatic rings. The van der Waals surface area contributed by atoms with Crippen LogP contribution in [0.25, 0.3) is 0 Å². The van der Waals surface area contributed by atoms with Crippen LogP contribution >= 0.6 is 56.6 Å². The van der Waals surface area contributed by atoms with Gasteiger partial charge < -0.3 is 18.9 Å². The SMILES string of the molecule is O=C(CCCS)Oc1ccccc1.O=C(CCCS)Oc1ccccc1.O=C(CCCS)Oc1ccccc1.O=C(CCCS)Oc1ccccc1.[CH3][Sn][S][Sn][CH3]. The average molecular weight is 1080 g/mol. The van der Waals surface area contributed by atoms with E-state index in [9.17, 15) is 19.2 Å². The summed E-state index contributed by atoms with van der Waals surface area (Å²) in [5.74, 6) is 4.49. The van der Waals surface area contributed by atoms with Gasteiger partial charge >= 0.3 is 79.4 Å². The molecule has 0 fully saturated rings. The van der Waals surface area contributed by atoms with Crippen LogP contribution in [0.15, 0.2) is 121 Å². The molecule has 4 aromatic carbocycles. The predicted molar refractivity (Wildman–Crippen MR) is 251 cm³/mol. The Morgan fingerprint density at radius 3 is 0.737 bits per heavy atom. The number of rotatable bonds is 18. The molecular formula is C42H54O8S5Sn2. The van der Waals surface area contributed by atoms with E-state index in [0.29, 0.717) is 71.7 Å². The third-order valence-electron chi connectivity index (χ3n) is 6.26. The monoisotopic (exact) mass is 1090 g/mol. The van der Waals surface area contributed by atoms with Crippen molar-refractivity contribution < 1.29 is 38.1 Å². The molecule has 0 amide bonds. The van der Waals surface area contributed by atoms with E-state index in [2.05, 4.69) is 66.5 Å². The Balaban J connectivity index is 0.000000705. The second-order valence-corrected chi connectivity index (χ2v) is 34.2. The van der Waals surface area contributed by atoms with Crippen molar-refractivity contribution in [2.45, 2.75) is 61.2 Å². The third-order valence-corrected chi connectivity index (χ3v) is 34.9. The standard InChI is InChI=1S/4C10H12O2S.2CH3.S.2Sn/c4*11-10(7-4-8-13)12-9-5-2-1-3-6-9;;;;;/h4*1-3,5-6,13H,4,7-8H2;2*1H3;;;. The van der Waals surface area contributed by atoms with Gasteiger partial charge in [0.05, 0.1) is 0 Å². The van der Waals surface area contributed by atoms with Crippen LogP contribution in [0.4, 0.5) is 0 Å². The Bertz CT molecular complexity index is 1330. The maximum atomic E-state index is 11.1. The first-order chi connectivity index (χ1) is 27.7. The number of thiol groups is 4. The zero-order valence-corrected chi connectivity index (χ0v) is 42.6. The summed E-state index contributed by atoms with van der Waals surface area (Å²) < 4.78 is 20.2. The van der Waals surface area contributed by atoms with Crippen molar-refractivity contribution in [2.24, 2.45) is 0 Å². The summed E-state index contributed by atoms with van der Waals surface area (Å²) in [7, 11) is 0. The summed E-state index contributed by atoms with van der Waals surface area (Å²) in [6.07, 6.45) is 7.05. The van der Waals surface area contributed by atoms with Crippen molar-refractivity contribution in [3.8, 4) is 23.0 Å². The van der Waals surface area contributed by atoms with Crippen molar-refractivity contribution in [1.29, 1.82) is 0 Å². The number of carbonyl (C=O) groups excluding carboxylic acids is 4. The number of benzene rings is 4.